The zero-order valence-electron chi connectivity index (χ0n) is 10.4. The summed E-state index contributed by atoms with van der Waals surface area (Å²) < 4.78 is 13.4. The molecule has 17 heavy (non-hydrogen) atoms. The third-order valence-corrected chi connectivity index (χ3v) is 3.20. The molecule has 1 aromatic rings. The Morgan fingerprint density at radius 3 is 2.76 bits per heavy atom. The fraction of sp³-hybridized carbons (Fsp3) is 0.429. The molecule has 0 saturated heterocycles. The van der Waals surface area contributed by atoms with Gasteiger partial charge in [0.05, 0.1) is 5.02 Å². The van der Waals surface area contributed by atoms with Crippen molar-refractivity contribution in [3.8, 4) is 0 Å². The van der Waals surface area contributed by atoms with Gasteiger partial charge in [0.15, 0.2) is 0 Å². The van der Waals surface area contributed by atoms with Crippen LogP contribution in [0.4, 0.5) is 4.39 Å². The first-order valence-corrected chi connectivity index (χ1v) is 6.31. The molecule has 0 spiro atoms. The highest BCUT2D eigenvalue weighted by molar-refractivity contribution is 6.31. The van der Waals surface area contributed by atoms with Crippen LogP contribution in [0.25, 0.3) is 0 Å². The Balaban J connectivity index is 2.96. The van der Waals surface area contributed by atoms with Gasteiger partial charge in [0.2, 0.25) is 0 Å². The van der Waals surface area contributed by atoms with Gasteiger partial charge in [0, 0.05) is 6.04 Å². The van der Waals surface area contributed by atoms with Crippen LogP contribution in [0.15, 0.2) is 30.4 Å². The van der Waals surface area contributed by atoms with E-state index in [1.54, 1.807) is 6.07 Å². The predicted octanol–water partition coefficient (Wildman–Crippen LogP) is 4.49. The molecule has 0 saturated carbocycles. The molecule has 0 aliphatic heterocycles. The van der Waals surface area contributed by atoms with Crippen molar-refractivity contribution >= 4 is 11.6 Å². The highest BCUT2D eigenvalue weighted by Gasteiger charge is 2.16. The van der Waals surface area contributed by atoms with Gasteiger partial charge in [0.1, 0.15) is 5.82 Å². The lowest BCUT2D eigenvalue weighted by atomic mass is 9.98. The van der Waals surface area contributed by atoms with Crippen molar-refractivity contribution in [1.29, 1.82) is 0 Å². The van der Waals surface area contributed by atoms with Crippen LogP contribution in [-0.2, 0) is 0 Å². The molecule has 0 aliphatic rings. The molecule has 0 radical (unpaired) electrons. The average molecular weight is 256 g/mol. The number of hydrogen-bond donors (Lipinski definition) is 1. The van der Waals surface area contributed by atoms with Crippen LogP contribution in [0.5, 0.6) is 0 Å². The zero-order chi connectivity index (χ0) is 12.8. The maximum atomic E-state index is 13.4. The van der Waals surface area contributed by atoms with Gasteiger partial charge < -0.3 is 5.32 Å². The van der Waals surface area contributed by atoms with E-state index in [0.29, 0.717) is 0 Å². The summed E-state index contributed by atoms with van der Waals surface area (Å²) in [6.07, 6.45) is 1.71. The Kier molecular flexibility index (Phi) is 5.66. The van der Waals surface area contributed by atoms with Crippen LogP contribution in [0.3, 0.4) is 0 Å². The third kappa shape index (κ3) is 3.83. The van der Waals surface area contributed by atoms with E-state index in [0.717, 1.165) is 30.5 Å². The summed E-state index contributed by atoms with van der Waals surface area (Å²) in [4.78, 5) is 0. The minimum atomic E-state index is -0.366. The molecule has 1 rings (SSSR count). The van der Waals surface area contributed by atoms with E-state index in [2.05, 4.69) is 18.8 Å². The second-order valence-electron chi connectivity index (χ2n) is 4.06. The van der Waals surface area contributed by atoms with Gasteiger partial charge in [-0.3, -0.25) is 0 Å². The zero-order valence-corrected chi connectivity index (χ0v) is 11.1. The summed E-state index contributed by atoms with van der Waals surface area (Å²) in [5.74, 6) is -0.366. The van der Waals surface area contributed by atoms with Crippen LogP contribution in [0, 0.1) is 5.82 Å². The second-order valence-corrected chi connectivity index (χ2v) is 4.44. The molecule has 1 unspecified atom stereocenters. The van der Waals surface area contributed by atoms with Gasteiger partial charge in [-0.25, -0.2) is 4.39 Å². The fourth-order valence-electron chi connectivity index (χ4n) is 1.76. The van der Waals surface area contributed by atoms with Gasteiger partial charge in [0.25, 0.3) is 0 Å². The van der Waals surface area contributed by atoms with Gasteiger partial charge in [-0.05, 0) is 31.0 Å². The molecule has 1 atom stereocenters. The molecule has 0 bridgehead atoms. The largest absolute Gasteiger partial charge is 0.310 e. The number of benzene rings is 1. The third-order valence-electron chi connectivity index (χ3n) is 2.80. The quantitative estimate of drug-likeness (QED) is 0.739. The average Bonchev–Trinajstić information content (AvgIpc) is 2.32. The van der Waals surface area contributed by atoms with Crippen LogP contribution >= 0.6 is 11.6 Å². The first kappa shape index (κ1) is 14.2. The monoisotopic (exact) mass is 255 g/mol. The lowest BCUT2D eigenvalue weighted by Crippen LogP contribution is -2.21. The molecule has 1 nitrogen and oxygen atoms in total. The van der Waals surface area contributed by atoms with Crippen molar-refractivity contribution in [2.45, 2.75) is 32.7 Å². The van der Waals surface area contributed by atoms with E-state index in [9.17, 15) is 4.39 Å². The molecule has 1 aromatic carbocycles. The Labute approximate surface area is 108 Å². The molecular formula is C14H19ClFN. The summed E-state index contributed by atoms with van der Waals surface area (Å²) in [7, 11) is 0. The second kappa shape index (κ2) is 6.77. The van der Waals surface area contributed by atoms with E-state index in [4.69, 9.17) is 11.6 Å². The smallest absolute Gasteiger partial charge is 0.142 e. The molecule has 0 fully saturated rings. The highest BCUT2D eigenvalue weighted by atomic mass is 35.5. The molecule has 94 valence electrons. The Morgan fingerprint density at radius 2 is 2.18 bits per heavy atom. The first-order valence-electron chi connectivity index (χ1n) is 5.94. The molecule has 0 heterocycles. The maximum Gasteiger partial charge on any atom is 0.142 e. The van der Waals surface area contributed by atoms with Crippen molar-refractivity contribution in [1.82, 2.24) is 5.32 Å². The normalized spacial score (nSPS) is 12.5. The van der Waals surface area contributed by atoms with E-state index in [1.807, 2.05) is 13.0 Å². The van der Waals surface area contributed by atoms with Gasteiger partial charge >= 0.3 is 0 Å². The fourth-order valence-corrected chi connectivity index (χ4v) is 2.02. The lowest BCUT2D eigenvalue weighted by molar-refractivity contribution is 0.537. The highest BCUT2D eigenvalue weighted by Crippen LogP contribution is 2.29. The number of hydrogen-bond acceptors (Lipinski definition) is 1. The Morgan fingerprint density at radius 1 is 1.47 bits per heavy atom. The number of rotatable bonds is 6. The van der Waals surface area contributed by atoms with E-state index < -0.39 is 0 Å². The number of nitrogens with one attached hydrogen (secondary N) is 1. The van der Waals surface area contributed by atoms with E-state index in [1.165, 1.54) is 6.07 Å². The lowest BCUT2D eigenvalue weighted by Gasteiger charge is -2.20. The van der Waals surface area contributed by atoms with Crippen LogP contribution in [0.1, 0.15) is 38.3 Å². The first-order chi connectivity index (χ1) is 8.10. The van der Waals surface area contributed by atoms with Crippen molar-refractivity contribution in [2.75, 3.05) is 6.54 Å². The van der Waals surface area contributed by atoms with Crippen molar-refractivity contribution in [3.05, 3.63) is 46.8 Å². The molecular weight excluding hydrogens is 237 g/mol. The topological polar surface area (TPSA) is 12.0 Å². The minimum absolute atomic E-state index is 0.0376. The van der Waals surface area contributed by atoms with Crippen LogP contribution < -0.4 is 5.32 Å². The Hall–Kier alpha value is -0.860. The summed E-state index contributed by atoms with van der Waals surface area (Å²) in [5, 5.41) is 3.53. The molecule has 0 aromatic heterocycles. The number of halogens is 2. The maximum absolute atomic E-state index is 13.4. The molecule has 3 heteroatoms. The van der Waals surface area contributed by atoms with E-state index >= 15 is 0 Å². The molecule has 0 aliphatic carbocycles. The summed E-state index contributed by atoms with van der Waals surface area (Å²) >= 11 is 6.01. The van der Waals surface area contributed by atoms with E-state index in [-0.39, 0.29) is 16.9 Å². The van der Waals surface area contributed by atoms with Crippen LogP contribution in [-0.4, -0.2) is 6.54 Å². The van der Waals surface area contributed by atoms with Gasteiger partial charge in [-0.2, -0.15) is 0 Å². The summed E-state index contributed by atoms with van der Waals surface area (Å²) in [6.45, 7) is 8.90. The summed E-state index contributed by atoms with van der Waals surface area (Å²) in [6, 6.07) is 4.97. The van der Waals surface area contributed by atoms with Crippen LogP contribution in [0.2, 0.25) is 5.02 Å². The molecule has 0 amide bonds. The Bertz CT molecular complexity index is 390. The van der Waals surface area contributed by atoms with Gasteiger partial charge in [-0.1, -0.05) is 49.7 Å². The van der Waals surface area contributed by atoms with Crippen molar-refractivity contribution in [2.24, 2.45) is 0 Å². The van der Waals surface area contributed by atoms with Crippen molar-refractivity contribution < 1.29 is 4.39 Å². The minimum Gasteiger partial charge on any atom is -0.310 e. The molecule has 1 N–H and O–H groups in total. The summed E-state index contributed by atoms with van der Waals surface area (Å²) in [5.41, 5.74) is 1.94. The SMILES string of the molecule is C=C(CC)CC(NCC)c1cccc(F)c1Cl. The standard InChI is InChI=1S/C14H19ClFN/c1-4-10(3)9-13(17-5-2)11-7-6-8-12(16)14(11)15/h6-8,13,17H,3-5,9H2,1-2H3. The predicted molar refractivity (Wildman–Crippen MR) is 71.9 cm³/mol. The van der Waals surface area contributed by atoms with Crippen molar-refractivity contribution in [3.63, 3.8) is 0 Å². The van der Waals surface area contributed by atoms with Gasteiger partial charge in [-0.15, -0.1) is 0 Å².